The third kappa shape index (κ3) is 2.86. The molecule has 2 aromatic carbocycles. The van der Waals surface area contributed by atoms with E-state index in [0.29, 0.717) is 0 Å². The highest BCUT2D eigenvalue weighted by Gasteiger charge is 2.23. The second-order valence-corrected chi connectivity index (χ2v) is 6.90. The first-order valence-electron chi connectivity index (χ1n) is 6.30. The molecule has 0 fully saturated rings. The van der Waals surface area contributed by atoms with Crippen LogP contribution < -0.4 is 0 Å². The van der Waals surface area contributed by atoms with E-state index in [0.717, 1.165) is 10.4 Å². The second-order valence-electron chi connectivity index (χ2n) is 4.78. The molecule has 5 nitrogen and oxygen atoms in total. The highest BCUT2D eigenvalue weighted by atomic mass is 32.2. The van der Waals surface area contributed by atoms with E-state index in [1.165, 1.54) is 38.4 Å². The quantitative estimate of drug-likeness (QED) is 0.938. The molecule has 116 valence electrons. The van der Waals surface area contributed by atoms with Crippen molar-refractivity contribution in [3.05, 3.63) is 53.8 Å². The lowest BCUT2D eigenvalue weighted by Gasteiger charge is -2.15. The minimum Gasteiger partial charge on any atom is -0.478 e. The third-order valence-corrected chi connectivity index (χ3v) is 5.03. The zero-order valence-corrected chi connectivity index (χ0v) is 12.8. The van der Waals surface area contributed by atoms with Crippen LogP contribution in [0.25, 0.3) is 11.1 Å². The Kier molecular flexibility index (Phi) is 4.30. The van der Waals surface area contributed by atoms with Gasteiger partial charge < -0.3 is 5.11 Å². The molecule has 0 saturated heterocycles. The molecule has 1 N–H and O–H groups in total. The molecule has 2 rings (SSSR count). The Hall–Kier alpha value is -2.25. The summed E-state index contributed by atoms with van der Waals surface area (Å²) < 4.78 is 39.9. The van der Waals surface area contributed by atoms with Crippen molar-refractivity contribution in [3.8, 4) is 11.1 Å². The first kappa shape index (κ1) is 16.1. The Morgan fingerprint density at radius 1 is 1.09 bits per heavy atom. The smallest absolute Gasteiger partial charge is 0.335 e. The van der Waals surface area contributed by atoms with Gasteiger partial charge >= 0.3 is 5.97 Å². The fourth-order valence-electron chi connectivity index (χ4n) is 1.98. The van der Waals surface area contributed by atoms with Crippen molar-refractivity contribution in [2.75, 3.05) is 14.1 Å². The van der Waals surface area contributed by atoms with Gasteiger partial charge in [-0.25, -0.2) is 21.9 Å². The van der Waals surface area contributed by atoms with Crippen molar-refractivity contribution in [2.24, 2.45) is 0 Å². The van der Waals surface area contributed by atoms with Crippen molar-refractivity contribution >= 4 is 16.0 Å². The fourth-order valence-corrected chi connectivity index (χ4v) is 3.08. The molecule has 0 aliphatic heterocycles. The fraction of sp³-hybridized carbons (Fsp3) is 0.133. The highest BCUT2D eigenvalue weighted by Crippen LogP contribution is 2.31. The molecule has 0 aromatic heterocycles. The lowest BCUT2D eigenvalue weighted by atomic mass is 10.0. The highest BCUT2D eigenvalue weighted by molar-refractivity contribution is 7.89. The summed E-state index contributed by atoms with van der Waals surface area (Å²) in [7, 11) is -0.979. The maximum absolute atomic E-state index is 14.2. The molecule has 0 heterocycles. The third-order valence-electron chi connectivity index (χ3n) is 3.15. The summed E-state index contributed by atoms with van der Waals surface area (Å²) >= 11 is 0. The molecule has 0 atom stereocenters. The number of nitrogens with zero attached hydrogens (tertiary/aromatic N) is 1. The summed E-state index contributed by atoms with van der Waals surface area (Å²) in [5, 5.41) is 8.86. The summed E-state index contributed by atoms with van der Waals surface area (Å²) in [5.74, 6) is -2.04. The molecule has 0 aliphatic rings. The van der Waals surface area contributed by atoms with Crippen LogP contribution in [0.5, 0.6) is 0 Å². The van der Waals surface area contributed by atoms with Crippen LogP contribution in [-0.2, 0) is 10.0 Å². The van der Waals surface area contributed by atoms with Gasteiger partial charge in [-0.05, 0) is 18.2 Å². The zero-order valence-electron chi connectivity index (χ0n) is 11.9. The standard InChI is InChI=1S/C15H14FNO4S/c1-17(2)22(20,21)14-6-4-3-5-12(14)11-8-7-10(15(18)19)9-13(11)16/h3-9H,1-2H3,(H,18,19). The summed E-state index contributed by atoms with van der Waals surface area (Å²) in [5.41, 5.74) is 0.0193. The normalized spacial score (nSPS) is 11.6. The van der Waals surface area contributed by atoms with Gasteiger partial charge in [0.2, 0.25) is 10.0 Å². The number of benzene rings is 2. The SMILES string of the molecule is CN(C)S(=O)(=O)c1ccccc1-c1ccc(C(=O)O)cc1F. The Bertz CT molecular complexity index is 831. The predicted molar refractivity (Wildman–Crippen MR) is 79.7 cm³/mol. The molecule has 0 aliphatic carbocycles. The van der Waals surface area contributed by atoms with Crippen LogP contribution in [0.15, 0.2) is 47.4 Å². The molecule has 0 saturated carbocycles. The summed E-state index contributed by atoms with van der Waals surface area (Å²) in [4.78, 5) is 10.8. The first-order valence-corrected chi connectivity index (χ1v) is 7.74. The number of aromatic carboxylic acids is 1. The Labute approximate surface area is 127 Å². The van der Waals surface area contributed by atoms with Crippen molar-refractivity contribution < 1.29 is 22.7 Å². The summed E-state index contributed by atoms with van der Waals surface area (Å²) in [6, 6.07) is 9.38. The van der Waals surface area contributed by atoms with Gasteiger partial charge in [0.15, 0.2) is 0 Å². The maximum atomic E-state index is 14.2. The van der Waals surface area contributed by atoms with Gasteiger partial charge in [-0.1, -0.05) is 24.3 Å². The van der Waals surface area contributed by atoms with E-state index in [-0.39, 0.29) is 21.6 Å². The molecule has 0 radical (unpaired) electrons. The first-order chi connectivity index (χ1) is 10.2. The number of carboxylic acids is 1. The van der Waals surface area contributed by atoms with Gasteiger partial charge in [0, 0.05) is 25.2 Å². The maximum Gasteiger partial charge on any atom is 0.335 e. The van der Waals surface area contributed by atoms with E-state index >= 15 is 0 Å². The van der Waals surface area contributed by atoms with E-state index in [2.05, 4.69) is 0 Å². The minimum atomic E-state index is -3.75. The Balaban J connectivity index is 2.68. The van der Waals surface area contributed by atoms with Crippen LogP contribution in [0.3, 0.4) is 0 Å². The topological polar surface area (TPSA) is 74.7 Å². The van der Waals surface area contributed by atoms with Gasteiger partial charge in [-0.15, -0.1) is 0 Å². The van der Waals surface area contributed by atoms with Crippen molar-refractivity contribution in [2.45, 2.75) is 4.90 Å². The van der Waals surface area contributed by atoms with Crippen LogP contribution in [-0.4, -0.2) is 37.9 Å². The van der Waals surface area contributed by atoms with Gasteiger partial charge in [-0.2, -0.15) is 0 Å². The van der Waals surface area contributed by atoms with Crippen molar-refractivity contribution in [1.29, 1.82) is 0 Å². The molecule has 2 aromatic rings. The molecule has 7 heteroatoms. The van der Waals surface area contributed by atoms with E-state index in [1.54, 1.807) is 12.1 Å². The van der Waals surface area contributed by atoms with E-state index in [1.807, 2.05) is 0 Å². The number of hydrogen-bond acceptors (Lipinski definition) is 3. The van der Waals surface area contributed by atoms with E-state index in [9.17, 15) is 17.6 Å². The van der Waals surface area contributed by atoms with Crippen LogP contribution in [0, 0.1) is 5.82 Å². The predicted octanol–water partition coefficient (Wildman–Crippen LogP) is 2.44. The lowest BCUT2D eigenvalue weighted by Crippen LogP contribution is -2.22. The lowest BCUT2D eigenvalue weighted by molar-refractivity contribution is 0.0696. The van der Waals surface area contributed by atoms with E-state index in [4.69, 9.17) is 5.11 Å². The molecule has 0 unspecified atom stereocenters. The van der Waals surface area contributed by atoms with Crippen molar-refractivity contribution in [3.63, 3.8) is 0 Å². The van der Waals surface area contributed by atoms with Gasteiger partial charge in [0.05, 0.1) is 10.5 Å². The number of carbonyl (C=O) groups is 1. The largest absolute Gasteiger partial charge is 0.478 e. The van der Waals surface area contributed by atoms with Crippen molar-refractivity contribution in [1.82, 2.24) is 4.31 Å². The van der Waals surface area contributed by atoms with Crippen LogP contribution in [0.1, 0.15) is 10.4 Å². The zero-order chi connectivity index (χ0) is 16.5. The molecule has 0 spiro atoms. The average Bonchev–Trinajstić information content (AvgIpc) is 2.46. The number of hydrogen-bond donors (Lipinski definition) is 1. The van der Waals surface area contributed by atoms with E-state index < -0.39 is 21.8 Å². The Morgan fingerprint density at radius 2 is 1.73 bits per heavy atom. The van der Waals surface area contributed by atoms with Crippen LogP contribution in [0.2, 0.25) is 0 Å². The van der Waals surface area contributed by atoms with Gasteiger partial charge in [0.25, 0.3) is 0 Å². The molecule has 22 heavy (non-hydrogen) atoms. The number of halogens is 1. The molecule has 0 amide bonds. The second kappa shape index (κ2) is 5.86. The molecular formula is C15H14FNO4S. The molecular weight excluding hydrogens is 309 g/mol. The summed E-state index contributed by atoms with van der Waals surface area (Å²) in [6.07, 6.45) is 0. The summed E-state index contributed by atoms with van der Waals surface area (Å²) in [6.45, 7) is 0. The van der Waals surface area contributed by atoms with Crippen LogP contribution in [0.4, 0.5) is 4.39 Å². The molecule has 0 bridgehead atoms. The number of sulfonamides is 1. The monoisotopic (exact) mass is 323 g/mol. The van der Waals surface area contributed by atoms with Gasteiger partial charge in [-0.3, -0.25) is 0 Å². The minimum absolute atomic E-state index is 0.0334. The number of rotatable bonds is 4. The average molecular weight is 323 g/mol. The Morgan fingerprint density at radius 3 is 2.27 bits per heavy atom. The van der Waals surface area contributed by atoms with Crippen LogP contribution >= 0.6 is 0 Å². The number of carboxylic acid groups (broad SMARTS) is 1. The van der Waals surface area contributed by atoms with Gasteiger partial charge in [0.1, 0.15) is 5.82 Å².